The van der Waals surface area contributed by atoms with Crippen LogP contribution in [0.25, 0.3) is 5.76 Å². The third-order valence-electron chi connectivity index (χ3n) is 4.80. The maximum Gasteiger partial charge on any atom is 0.301 e. The van der Waals surface area contributed by atoms with Gasteiger partial charge in [-0.2, -0.15) is 0 Å². The minimum Gasteiger partial charge on any atom is -0.507 e. The van der Waals surface area contributed by atoms with E-state index in [-0.39, 0.29) is 17.2 Å². The van der Waals surface area contributed by atoms with E-state index in [0.29, 0.717) is 21.9 Å². The van der Waals surface area contributed by atoms with Gasteiger partial charge in [0, 0.05) is 16.7 Å². The summed E-state index contributed by atoms with van der Waals surface area (Å²) in [4.78, 5) is 27.1. The molecular weight excluding hydrogens is 392 g/mol. The topological polar surface area (TPSA) is 83.6 Å². The first-order valence-electron chi connectivity index (χ1n) is 8.93. The Morgan fingerprint density at radius 3 is 2.45 bits per heavy atom. The first-order valence-corrected chi connectivity index (χ1v) is 9.31. The van der Waals surface area contributed by atoms with E-state index in [4.69, 9.17) is 16.1 Å². The van der Waals surface area contributed by atoms with Gasteiger partial charge in [0.25, 0.3) is 5.78 Å². The van der Waals surface area contributed by atoms with E-state index < -0.39 is 17.7 Å². The number of halogens is 1. The standard InChI is InChI=1S/C22H17ClN2O4/c1-12-6-8-14(9-7-12)20(26)18-19(15-4-3-5-16(23)11-15)25(22(28)21(18)27)17-10-13(2)29-24-17/h3-11,19,26H,1-2H3/t19-/m1/s1. The average Bonchev–Trinajstić information content (AvgIpc) is 3.23. The first kappa shape index (κ1) is 19.0. The number of rotatable bonds is 3. The summed E-state index contributed by atoms with van der Waals surface area (Å²) in [6.45, 7) is 3.61. The van der Waals surface area contributed by atoms with Gasteiger partial charge in [-0.15, -0.1) is 0 Å². The third kappa shape index (κ3) is 3.32. The van der Waals surface area contributed by atoms with Gasteiger partial charge in [-0.05, 0) is 31.5 Å². The lowest BCUT2D eigenvalue weighted by Crippen LogP contribution is -2.29. The zero-order valence-corrected chi connectivity index (χ0v) is 16.5. The minimum absolute atomic E-state index is 0.0261. The number of nitrogens with zero attached hydrogens (tertiary/aromatic N) is 2. The largest absolute Gasteiger partial charge is 0.507 e. The van der Waals surface area contributed by atoms with Crippen LogP contribution in [0, 0.1) is 13.8 Å². The van der Waals surface area contributed by atoms with E-state index in [1.165, 1.54) is 4.90 Å². The van der Waals surface area contributed by atoms with Gasteiger partial charge in [-0.25, -0.2) is 0 Å². The van der Waals surface area contributed by atoms with E-state index in [1.807, 2.05) is 19.1 Å². The smallest absolute Gasteiger partial charge is 0.301 e. The van der Waals surface area contributed by atoms with Crippen molar-refractivity contribution in [1.29, 1.82) is 0 Å². The summed E-state index contributed by atoms with van der Waals surface area (Å²) in [5.41, 5.74) is 2.00. The number of Topliss-reactive ketones (excluding diaryl/α,β-unsaturated/α-hetero) is 1. The fraction of sp³-hybridized carbons (Fsp3) is 0.136. The molecule has 1 fully saturated rings. The lowest BCUT2D eigenvalue weighted by Gasteiger charge is -2.23. The van der Waals surface area contributed by atoms with Crippen LogP contribution in [0.2, 0.25) is 5.02 Å². The second kappa shape index (κ2) is 7.22. The van der Waals surface area contributed by atoms with Crippen molar-refractivity contribution in [3.63, 3.8) is 0 Å². The van der Waals surface area contributed by atoms with Crippen LogP contribution in [0.3, 0.4) is 0 Å². The fourth-order valence-corrected chi connectivity index (χ4v) is 3.59. The molecule has 1 aliphatic heterocycles. The molecule has 7 heteroatoms. The molecule has 29 heavy (non-hydrogen) atoms. The Labute approximate surface area is 172 Å². The molecule has 4 rings (SSSR count). The van der Waals surface area contributed by atoms with E-state index in [0.717, 1.165) is 5.56 Å². The Balaban J connectivity index is 1.95. The maximum atomic E-state index is 12.9. The summed E-state index contributed by atoms with van der Waals surface area (Å²) < 4.78 is 5.10. The Morgan fingerprint density at radius 1 is 1.10 bits per heavy atom. The summed E-state index contributed by atoms with van der Waals surface area (Å²) in [7, 11) is 0. The molecule has 1 atom stereocenters. The van der Waals surface area contributed by atoms with Crippen molar-refractivity contribution in [2.45, 2.75) is 19.9 Å². The Bertz CT molecular complexity index is 1150. The number of amides is 1. The van der Waals surface area contributed by atoms with Crippen LogP contribution in [-0.4, -0.2) is 22.0 Å². The summed E-state index contributed by atoms with van der Waals surface area (Å²) in [5.74, 6) is -1.16. The zero-order chi connectivity index (χ0) is 20.7. The number of hydrogen-bond donors (Lipinski definition) is 1. The molecule has 0 bridgehead atoms. The molecular formula is C22H17ClN2O4. The highest BCUT2D eigenvalue weighted by Gasteiger charge is 2.48. The normalized spacial score (nSPS) is 18.4. The molecule has 6 nitrogen and oxygen atoms in total. The van der Waals surface area contributed by atoms with Crippen LogP contribution in [0.4, 0.5) is 5.82 Å². The second-order valence-corrected chi connectivity index (χ2v) is 7.32. The summed E-state index contributed by atoms with van der Waals surface area (Å²) >= 11 is 6.15. The minimum atomic E-state index is -0.889. The molecule has 1 saturated heterocycles. The van der Waals surface area contributed by atoms with Gasteiger partial charge < -0.3 is 9.63 Å². The van der Waals surface area contributed by atoms with E-state index in [9.17, 15) is 14.7 Å². The average molecular weight is 409 g/mol. The van der Waals surface area contributed by atoms with Gasteiger partial charge in [0.1, 0.15) is 11.5 Å². The number of aliphatic hydroxyl groups is 1. The molecule has 3 aromatic rings. The number of carbonyl (C=O) groups is 2. The molecule has 2 heterocycles. The number of benzene rings is 2. The number of aliphatic hydroxyl groups excluding tert-OH is 1. The van der Waals surface area contributed by atoms with Crippen LogP contribution in [0.5, 0.6) is 0 Å². The highest BCUT2D eigenvalue weighted by atomic mass is 35.5. The molecule has 146 valence electrons. The van der Waals surface area contributed by atoms with Gasteiger partial charge in [-0.3, -0.25) is 14.5 Å². The molecule has 1 amide bonds. The van der Waals surface area contributed by atoms with Crippen LogP contribution in [0.15, 0.2) is 64.7 Å². The SMILES string of the molecule is Cc1ccc(C(O)=C2C(=O)C(=O)N(c3cc(C)on3)[C@@H]2c2cccc(Cl)c2)cc1. The molecule has 1 aliphatic rings. The van der Waals surface area contributed by atoms with Gasteiger partial charge in [-0.1, -0.05) is 58.7 Å². The van der Waals surface area contributed by atoms with E-state index >= 15 is 0 Å². The number of aryl methyl sites for hydroxylation is 2. The zero-order valence-electron chi connectivity index (χ0n) is 15.7. The van der Waals surface area contributed by atoms with Gasteiger partial charge in [0.05, 0.1) is 11.6 Å². The van der Waals surface area contributed by atoms with Gasteiger partial charge in [0.15, 0.2) is 5.82 Å². The van der Waals surface area contributed by atoms with Crippen molar-refractivity contribution in [3.05, 3.63) is 87.6 Å². The Hall–Kier alpha value is -3.38. The van der Waals surface area contributed by atoms with Crippen LogP contribution < -0.4 is 4.90 Å². The summed E-state index contributed by atoms with van der Waals surface area (Å²) in [5, 5.41) is 15.3. The number of carbonyl (C=O) groups excluding carboxylic acids is 2. The summed E-state index contributed by atoms with van der Waals surface area (Å²) in [6, 6.07) is 14.5. The van der Waals surface area contributed by atoms with Gasteiger partial charge in [0.2, 0.25) is 0 Å². The van der Waals surface area contributed by atoms with Crippen molar-refractivity contribution < 1.29 is 19.2 Å². The number of ketones is 1. The molecule has 0 saturated carbocycles. The predicted octanol–water partition coefficient (Wildman–Crippen LogP) is 4.57. The molecule has 0 aliphatic carbocycles. The third-order valence-corrected chi connectivity index (χ3v) is 5.03. The number of anilines is 1. The van der Waals surface area contributed by atoms with Gasteiger partial charge >= 0.3 is 5.91 Å². The van der Waals surface area contributed by atoms with E-state index in [2.05, 4.69) is 5.16 Å². The predicted molar refractivity (Wildman–Crippen MR) is 109 cm³/mol. The molecule has 0 spiro atoms. The molecule has 0 radical (unpaired) electrons. The number of hydrogen-bond acceptors (Lipinski definition) is 5. The maximum absolute atomic E-state index is 12.9. The monoisotopic (exact) mass is 408 g/mol. The second-order valence-electron chi connectivity index (χ2n) is 6.89. The van der Waals surface area contributed by atoms with Crippen molar-refractivity contribution in [2.24, 2.45) is 0 Å². The molecule has 0 unspecified atom stereocenters. The first-order chi connectivity index (χ1) is 13.9. The lowest BCUT2D eigenvalue weighted by molar-refractivity contribution is -0.132. The Morgan fingerprint density at radius 2 is 1.83 bits per heavy atom. The summed E-state index contributed by atoms with van der Waals surface area (Å²) in [6.07, 6.45) is 0. The Kier molecular flexibility index (Phi) is 4.72. The van der Waals surface area contributed by atoms with Crippen molar-refractivity contribution in [3.8, 4) is 0 Å². The highest BCUT2D eigenvalue weighted by Crippen LogP contribution is 2.42. The number of aromatic nitrogens is 1. The van der Waals surface area contributed by atoms with Crippen molar-refractivity contribution in [1.82, 2.24) is 5.16 Å². The quantitative estimate of drug-likeness (QED) is 0.390. The van der Waals surface area contributed by atoms with Crippen molar-refractivity contribution >= 4 is 34.9 Å². The molecule has 1 aromatic heterocycles. The van der Waals surface area contributed by atoms with Crippen LogP contribution >= 0.6 is 11.6 Å². The fourth-order valence-electron chi connectivity index (χ4n) is 3.39. The molecule has 1 N–H and O–H groups in total. The molecule has 2 aromatic carbocycles. The van der Waals surface area contributed by atoms with E-state index in [1.54, 1.807) is 49.4 Å². The van der Waals surface area contributed by atoms with Crippen LogP contribution in [0.1, 0.15) is 28.5 Å². The lowest BCUT2D eigenvalue weighted by atomic mass is 9.95. The van der Waals surface area contributed by atoms with Crippen molar-refractivity contribution in [2.75, 3.05) is 4.90 Å². The van der Waals surface area contributed by atoms with Crippen LogP contribution in [-0.2, 0) is 9.59 Å². The highest BCUT2D eigenvalue weighted by molar-refractivity contribution is 6.51.